The van der Waals surface area contributed by atoms with E-state index >= 15 is 0 Å². The predicted molar refractivity (Wildman–Crippen MR) is 109 cm³/mol. The molecule has 12 heteroatoms. The molecule has 0 aromatic rings. The van der Waals surface area contributed by atoms with E-state index in [9.17, 15) is 24.0 Å². The predicted octanol–water partition coefficient (Wildman–Crippen LogP) is -0.518. The first kappa shape index (κ1) is 32.1. The minimum atomic E-state index is -1.21. The van der Waals surface area contributed by atoms with Gasteiger partial charge in [0.1, 0.15) is 6.29 Å². The van der Waals surface area contributed by atoms with Gasteiger partial charge >= 0.3 is 23.9 Å². The van der Waals surface area contributed by atoms with E-state index in [-0.39, 0.29) is 39.3 Å². The largest absolute Gasteiger partial charge is 0.480 e. The molecule has 12 nitrogen and oxygen atoms in total. The molecular weight excluding hydrogens is 402 g/mol. The summed E-state index contributed by atoms with van der Waals surface area (Å²) in [5.41, 5.74) is 0. The zero-order chi connectivity index (χ0) is 24.1. The van der Waals surface area contributed by atoms with Crippen LogP contribution in [-0.4, -0.2) is 124 Å². The summed E-state index contributed by atoms with van der Waals surface area (Å²) in [5, 5.41) is 35.3. The van der Waals surface area contributed by atoms with Crippen molar-refractivity contribution >= 4 is 30.2 Å². The molecule has 0 spiro atoms. The molecule has 0 rings (SSSR count). The smallest absolute Gasteiger partial charge is 0.317 e. The van der Waals surface area contributed by atoms with Gasteiger partial charge < -0.3 is 25.2 Å². The number of rotatable bonds is 16. The van der Waals surface area contributed by atoms with Gasteiger partial charge in [-0.1, -0.05) is 27.7 Å². The molecule has 0 amide bonds. The summed E-state index contributed by atoms with van der Waals surface area (Å²) in [7, 11) is 0. The molecule has 0 bridgehead atoms. The van der Waals surface area contributed by atoms with Crippen molar-refractivity contribution in [2.75, 3.05) is 58.9 Å². The summed E-state index contributed by atoms with van der Waals surface area (Å²) in [6, 6.07) is 0. The van der Waals surface area contributed by atoms with Crippen molar-refractivity contribution in [3.05, 3.63) is 0 Å². The highest BCUT2D eigenvalue weighted by atomic mass is 16.4. The molecule has 0 aromatic carbocycles. The Balaban J connectivity index is -0.00000171. The Labute approximate surface area is 176 Å². The van der Waals surface area contributed by atoms with E-state index in [1.807, 2.05) is 27.7 Å². The Bertz CT molecular complexity index is 499. The molecular formula is C18H35N3O9. The number of carboxylic acids is 4. The first-order valence-corrected chi connectivity index (χ1v) is 9.62. The minimum absolute atomic E-state index is 0.00150. The fourth-order valence-electron chi connectivity index (χ4n) is 2.16. The summed E-state index contributed by atoms with van der Waals surface area (Å²) in [4.78, 5) is 57.7. The van der Waals surface area contributed by atoms with Gasteiger partial charge in [-0.2, -0.15) is 0 Å². The van der Waals surface area contributed by atoms with E-state index in [0.717, 1.165) is 4.90 Å². The van der Waals surface area contributed by atoms with Crippen LogP contribution in [0.5, 0.6) is 0 Å². The fraction of sp³-hybridized carbons (Fsp3) is 0.722. The molecule has 30 heavy (non-hydrogen) atoms. The van der Waals surface area contributed by atoms with Crippen molar-refractivity contribution in [2.45, 2.75) is 27.7 Å². The van der Waals surface area contributed by atoms with Crippen LogP contribution < -0.4 is 0 Å². The second-order valence-corrected chi connectivity index (χ2v) is 5.46. The lowest BCUT2D eigenvalue weighted by molar-refractivity contribution is -0.143. The highest BCUT2D eigenvalue weighted by Crippen LogP contribution is 1.96. The number of carbonyl (C=O) groups is 5. The highest BCUT2D eigenvalue weighted by molar-refractivity contribution is 5.72. The second-order valence-electron chi connectivity index (χ2n) is 5.46. The van der Waals surface area contributed by atoms with Crippen molar-refractivity contribution in [3.8, 4) is 0 Å². The third kappa shape index (κ3) is 21.7. The standard InChI is InChI=1S/C14H23N3O9.2C2H6/c18-6-5-16(8-12(21)22)2-1-15(7-11(19)20)3-4-17(9-13(23)24)10-14(25)26;2*1-2/h6H,1-5,7-10H2,(H,19,20)(H,21,22)(H,23,24)(H,25,26);2*1-2H3. The molecule has 0 aromatic heterocycles. The summed E-state index contributed by atoms with van der Waals surface area (Å²) in [6.07, 6.45) is 0.534. The van der Waals surface area contributed by atoms with Crippen molar-refractivity contribution < 1.29 is 44.4 Å². The topological polar surface area (TPSA) is 176 Å². The van der Waals surface area contributed by atoms with Crippen LogP contribution in [0.25, 0.3) is 0 Å². The second kappa shape index (κ2) is 21.1. The zero-order valence-corrected chi connectivity index (χ0v) is 18.1. The normalized spacial score (nSPS) is 9.97. The Morgan fingerprint density at radius 2 is 0.833 bits per heavy atom. The number of aldehydes is 1. The number of carbonyl (C=O) groups excluding carboxylic acids is 1. The van der Waals surface area contributed by atoms with Crippen LogP contribution in [0.4, 0.5) is 0 Å². The summed E-state index contributed by atoms with van der Waals surface area (Å²) >= 11 is 0. The molecule has 0 saturated heterocycles. The molecule has 0 fully saturated rings. The third-order valence-electron chi connectivity index (χ3n) is 3.23. The van der Waals surface area contributed by atoms with Crippen LogP contribution >= 0.6 is 0 Å². The van der Waals surface area contributed by atoms with Gasteiger partial charge in [0.2, 0.25) is 0 Å². The first-order chi connectivity index (χ1) is 14.1. The van der Waals surface area contributed by atoms with Crippen LogP contribution in [0.1, 0.15) is 27.7 Å². The van der Waals surface area contributed by atoms with Crippen molar-refractivity contribution in [2.24, 2.45) is 0 Å². The maximum Gasteiger partial charge on any atom is 0.317 e. The Morgan fingerprint density at radius 3 is 1.17 bits per heavy atom. The quantitative estimate of drug-likeness (QED) is 0.228. The van der Waals surface area contributed by atoms with Crippen LogP contribution in [-0.2, 0) is 24.0 Å². The molecule has 4 N–H and O–H groups in total. The molecule has 0 heterocycles. The van der Waals surface area contributed by atoms with Gasteiger partial charge in [0, 0.05) is 26.2 Å². The molecule has 0 aliphatic rings. The Kier molecular flexibility index (Phi) is 22.6. The van der Waals surface area contributed by atoms with Crippen molar-refractivity contribution in [1.29, 1.82) is 0 Å². The van der Waals surface area contributed by atoms with Gasteiger partial charge in [0.05, 0.1) is 32.7 Å². The molecule has 176 valence electrons. The SMILES string of the molecule is CC.CC.O=CCN(CCN(CCN(CC(=O)O)CC(=O)O)CC(=O)O)CC(=O)O. The van der Waals surface area contributed by atoms with Crippen molar-refractivity contribution in [1.82, 2.24) is 14.7 Å². The maximum atomic E-state index is 11.0. The van der Waals surface area contributed by atoms with Gasteiger partial charge in [-0.05, 0) is 0 Å². The van der Waals surface area contributed by atoms with E-state index in [4.69, 9.17) is 20.4 Å². The summed E-state index contributed by atoms with van der Waals surface area (Å²) in [5.74, 6) is -4.71. The maximum absolute atomic E-state index is 11.0. The number of hydrogen-bond donors (Lipinski definition) is 4. The van der Waals surface area contributed by atoms with E-state index in [1.165, 1.54) is 9.80 Å². The fourth-order valence-corrected chi connectivity index (χ4v) is 2.16. The van der Waals surface area contributed by atoms with Gasteiger partial charge in [0.15, 0.2) is 0 Å². The third-order valence-corrected chi connectivity index (χ3v) is 3.23. The molecule has 0 aliphatic heterocycles. The van der Waals surface area contributed by atoms with E-state index in [0.29, 0.717) is 6.29 Å². The van der Waals surface area contributed by atoms with Gasteiger partial charge in [-0.15, -0.1) is 0 Å². The average molecular weight is 437 g/mol. The van der Waals surface area contributed by atoms with Gasteiger partial charge in [-0.3, -0.25) is 33.9 Å². The Hall–Kier alpha value is -2.57. The molecule has 0 unspecified atom stereocenters. The molecule has 0 atom stereocenters. The van der Waals surface area contributed by atoms with E-state index in [1.54, 1.807) is 0 Å². The average Bonchev–Trinajstić information content (AvgIpc) is 2.65. The first-order valence-electron chi connectivity index (χ1n) is 9.62. The van der Waals surface area contributed by atoms with Gasteiger partial charge in [0.25, 0.3) is 0 Å². The highest BCUT2D eigenvalue weighted by Gasteiger charge is 2.18. The molecule has 0 saturated carbocycles. The number of carboxylic acid groups (broad SMARTS) is 4. The summed E-state index contributed by atoms with van der Waals surface area (Å²) in [6.45, 7) is 6.36. The number of aliphatic carboxylic acids is 4. The number of nitrogens with zero attached hydrogens (tertiary/aromatic N) is 3. The van der Waals surface area contributed by atoms with Crippen LogP contribution in [0, 0.1) is 0 Å². The lowest BCUT2D eigenvalue weighted by Crippen LogP contribution is -2.45. The van der Waals surface area contributed by atoms with E-state index < -0.39 is 43.5 Å². The lowest BCUT2D eigenvalue weighted by atomic mass is 10.3. The molecule has 0 radical (unpaired) electrons. The van der Waals surface area contributed by atoms with Crippen LogP contribution in [0.3, 0.4) is 0 Å². The Morgan fingerprint density at radius 1 is 0.567 bits per heavy atom. The van der Waals surface area contributed by atoms with Crippen LogP contribution in [0.15, 0.2) is 0 Å². The van der Waals surface area contributed by atoms with Crippen molar-refractivity contribution in [3.63, 3.8) is 0 Å². The minimum Gasteiger partial charge on any atom is -0.480 e. The zero-order valence-electron chi connectivity index (χ0n) is 18.1. The lowest BCUT2D eigenvalue weighted by Gasteiger charge is -2.27. The van der Waals surface area contributed by atoms with Crippen LogP contribution in [0.2, 0.25) is 0 Å². The van der Waals surface area contributed by atoms with Gasteiger partial charge in [-0.25, -0.2) is 0 Å². The molecule has 0 aliphatic carbocycles. The number of hydrogen-bond acceptors (Lipinski definition) is 8. The summed E-state index contributed by atoms with van der Waals surface area (Å²) < 4.78 is 0. The monoisotopic (exact) mass is 437 g/mol. The van der Waals surface area contributed by atoms with E-state index in [2.05, 4.69) is 0 Å².